The number of hydrogen-bond donors (Lipinski definition) is 2. The molecule has 3 rings (SSSR count). The average Bonchev–Trinajstić information content (AvgIpc) is 2.55. The van der Waals surface area contributed by atoms with Crippen molar-refractivity contribution >= 4 is 11.6 Å². The van der Waals surface area contributed by atoms with Crippen LogP contribution in [-0.4, -0.2) is 5.91 Å². The fourth-order valence-corrected chi connectivity index (χ4v) is 3.23. The first-order valence-electron chi connectivity index (χ1n) is 8.14. The summed E-state index contributed by atoms with van der Waals surface area (Å²) < 4.78 is 26.8. The highest BCUT2D eigenvalue weighted by molar-refractivity contribution is 5.77. The Morgan fingerprint density at radius 3 is 2.88 bits per heavy atom. The zero-order valence-electron chi connectivity index (χ0n) is 13.3. The molecule has 1 unspecified atom stereocenters. The van der Waals surface area contributed by atoms with Gasteiger partial charge in [-0.25, -0.2) is 8.78 Å². The topological polar surface area (TPSA) is 55.1 Å². The van der Waals surface area contributed by atoms with Crippen LogP contribution in [0.3, 0.4) is 0 Å². The van der Waals surface area contributed by atoms with E-state index in [1.165, 1.54) is 5.56 Å². The van der Waals surface area contributed by atoms with Gasteiger partial charge in [0.1, 0.15) is 11.6 Å². The molecule has 0 radical (unpaired) electrons. The third-order valence-electron chi connectivity index (χ3n) is 4.45. The summed E-state index contributed by atoms with van der Waals surface area (Å²) in [6, 6.07) is 9.01. The highest BCUT2D eigenvalue weighted by atomic mass is 19.1. The second-order valence-electron chi connectivity index (χ2n) is 6.21. The number of aryl methyl sites for hydroxylation is 2. The van der Waals surface area contributed by atoms with Gasteiger partial charge in [0.2, 0.25) is 5.91 Å². The molecular formula is C19H20F2N2O. The third-order valence-corrected chi connectivity index (χ3v) is 4.45. The van der Waals surface area contributed by atoms with Crippen LogP contribution in [0.15, 0.2) is 36.4 Å². The highest BCUT2D eigenvalue weighted by Gasteiger charge is 2.21. The first-order valence-corrected chi connectivity index (χ1v) is 8.14. The monoisotopic (exact) mass is 330 g/mol. The van der Waals surface area contributed by atoms with Crippen LogP contribution in [0.2, 0.25) is 0 Å². The van der Waals surface area contributed by atoms with Crippen LogP contribution in [0.25, 0.3) is 0 Å². The summed E-state index contributed by atoms with van der Waals surface area (Å²) in [5, 5.41) is 3.00. The fraction of sp³-hybridized carbons (Fsp3) is 0.316. The number of carbonyl (C=O) groups excluding carboxylic acids is 1. The number of hydrogen-bond acceptors (Lipinski definition) is 2. The molecule has 2 aromatic rings. The minimum atomic E-state index is -0.495. The SMILES string of the molecule is Nc1ccc2c(c1)CCCC2NC(=O)CCc1cc(F)ccc1F. The van der Waals surface area contributed by atoms with Gasteiger partial charge in [-0.05, 0) is 72.7 Å². The summed E-state index contributed by atoms with van der Waals surface area (Å²) in [6.45, 7) is 0. The quantitative estimate of drug-likeness (QED) is 0.840. The van der Waals surface area contributed by atoms with E-state index in [-0.39, 0.29) is 30.4 Å². The molecule has 0 saturated heterocycles. The normalized spacial score (nSPS) is 16.5. The molecular weight excluding hydrogens is 310 g/mol. The molecule has 0 spiro atoms. The molecule has 0 heterocycles. The van der Waals surface area contributed by atoms with E-state index >= 15 is 0 Å². The number of fused-ring (bicyclic) bond motifs is 1. The molecule has 3 nitrogen and oxygen atoms in total. The number of benzene rings is 2. The van der Waals surface area contributed by atoms with E-state index in [1.54, 1.807) is 0 Å². The number of rotatable bonds is 4. The number of anilines is 1. The summed E-state index contributed by atoms with van der Waals surface area (Å²) >= 11 is 0. The van der Waals surface area contributed by atoms with Gasteiger partial charge in [-0.1, -0.05) is 6.07 Å². The summed E-state index contributed by atoms with van der Waals surface area (Å²) in [5.41, 5.74) is 9.03. The molecule has 0 aromatic heterocycles. The van der Waals surface area contributed by atoms with Crippen LogP contribution in [-0.2, 0) is 17.6 Å². The lowest BCUT2D eigenvalue weighted by Crippen LogP contribution is -2.31. The molecule has 126 valence electrons. The van der Waals surface area contributed by atoms with Crippen LogP contribution in [0.5, 0.6) is 0 Å². The molecule has 0 fully saturated rings. The van der Waals surface area contributed by atoms with Crippen LogP contribution < -0.4 is 11.1 Å². The van der Waals surface area contributed by atoms with Crippen molar-refractivity contribution in [2.24, 2.45) is 0 Å². The predicted octanol–water partition coefficient (Wildman–Crippen LogP) is 3.67. The van der Waals surface area contributed by atoms with Gasteiger partial charge >= 0.3 is 0 Å². The number of amides is 1. The van der Waals surface area contributed by atoms with Gasteiger partial charge < -0.3 is 11.1 Å². The standard InChI is InChI=1S/C19H20F2N2O/c20-14-5-8-17(21)13(10-14)4-9-19(24)23-18-3-1-2-12-11-15(22)6-7-16(12)18/h5-8,10-11,18H,1-4,9,22H2,(H,23,24). The number of carbonyl (C=O) groups is 1. The molecule has 1 aliphatic rings. The third kappa shape index (κ3) is 3.72. The van der Waals surface area contributed by atoms with Gasteiger partial charge in [0.25, 0.3) is 0 Å². The molecule has 1 atom stereocenters. The molecule has 2 aromatic carbocycles. The lowest BCUT2D eigenvalue weighted by molar-refractivity contribution is -0.121. The van der Waals surface area contributed by atoms with Crippen LogP contribution in [0.1, 0.15) is 42.0 Å². The van der Waals surface area contributed by atoms with E-state index in [2.05, 4.69) is 5.32 Å². The lowest BCUT2D eigenvalue weighted by Gasteiger charge is -2.26. The van der Waals surface area contributed by atoms with Crippen LogP contribution in [0.4, 0.5) is 14.5 Å². The fourth-order valence-electron chi connectivity index (χ4n) is 3.23. The Morgan fingerprint density at radius 1 is 1.21 bits per heavy atom. The largest absolute Gasteiger partial charge is 0.399 e. The van der Waals surface area contributed by atoms with E-state index in [0.717, 1.165) is 48.7 Å². The van der Waals surface area contributed by atoms with Gasteiger partial charge in [-0.15, -0.1) is 0 Å². The Bertz CT molecular complexity index is 761. The van der Waals surface area contributed by atoms with E-state index in [9.17, 15) is 13.6 Å². The van der Waals surface area contributed by atoms with Gasteiger partial charge in [0.15, 0.2) is 0 Å². The maximum Gasteiger partial charge on any atom is 0.220 e. The van der Waals surface area contributed by atoms with Gasteiger partial charge in [0.05, 0.1) is 6.04 Å². The molecule has 3 N–H and O–H groups in total. The molecule has 0 bridgehead atoms. The van der Waals surface area contributed by atoms with Crippen molar-refractivity contribution in [2.75, 3.05) is 5.73 Å². The van der Waals surface area contributed by atoms with Crippen molar-refractivity contribution < 1.29 is 13.6 Å². The molecule has 1 aliphatic carbocycles. The smallest absolute Gasteiger partial charge is 0.220 e. The minimum absolute atomic E-state index is 0.0424. The Morgan fingerprint density at radius 2 is 2.04 bits per heavy atom. The Hall–Kier alpha value is -2.43. The molecule has 0 saturated carbocycles. The Balaban J connectivity index is 1.63. The average molecular weight is 330 g/mol. The van der Waals surface area contributed by atoms with E-state index in [1.807, 2.05) is 18.2 Å². The van der Waals surface area contributed by atoms with Crippen molar-refractivity contribution in [3.63, 3.8) is 0 Å². The minimum Gasteiger partial charge on any atom is -0.399 e. The van der Waals surface area contributed by atoms with E-state index in [0.29, 0.717) is 0 Å². The van der Waals surface area contributed by atoms with Crippen molar-refractivity contribution in [3.8, 4) is 0 Å². The second kappa shape index (κ2) is 6.99. The summed E-state index contributed by atoms with van der Waals surface area (Å²) in [6.07, 6.45) is 3.12. The number of nitrogens with one attached hydrogen (secondary N) is 1. The molecule has 0 aliphatic heterocycles. The Labute approximate surface area is 139 Å². The van der Waals surface area contributed by atoms with E-state index < -0.39 is 11.6 Å². The van der Waals surface area contributed by atoms with Crippen LogP contribution >= 0.6 is 0 Å². The summed E-state index contributed by atoms with van der Waals surface area (Å²) in [5.74, 6) is -1.14. The van der Waals surface area contributed by atoms with Crippen molar-refractivity contribution in [1.29, 1.82) is 0 Å². The lowest BCUT2D eigenvalue weighted by atomic mass is 9.87. The zero-order chi connectivity index (χ0) is 17.1. The molecule has 5 heteroatoms. The predicted molar refractivity (Wildman–Crippen MR) is 89.4 cm³/mol. The van der Waals surface area contributed by atoms with Gasteiger partial charge in [-0.2, -0.15) is 0 Å². The van der Waals surface area contributed by atoms with Crippen molar-refractivity contribution in [1.82, 2.24) is 5.32 Å². The van der Waals surface area contributed by atoms with Gasteiger partial charge in [0, 0.05) is 12.1 Å². The number of nitrogen functional groups attached to an aromatic ring is 1. The molecule has 1 amide bonds. The second-order valence-corrected chi connectivity index (χ2v) is 6.21. The maximum atomic E-state index is 13.6. The molecule has 24 heavy (non-hydrogen) atoms. The first kappa shape index (κ1) is 16.4. The summed E-state index contributed by atoms with van der Waals surface area (Å²) in [4.78, 5) is 12.2. The Kier molecular flexibility index (Phi) is 4.79. The van der Waals surface area contributed by atoms with Crippen molar-refractivity contribution in [2.45, 2.75) is 38.1 Å². The number of halogens is 2. The first-order chi connectivity index (χ1) is 11.5. The van der Waals surface area contributed by atoms with E-state index in [4.69, 9.17) is 5.73 Å². The van der Waals surface area contributed by atoms with Crippen molar-refractivity contribution in [3.05, 3.63) is 64.7 Å². The van der Waals surface area contributed by atoms with Gasteiger partial charge in [-0.3, -0.25) is 4.79 Å². The maximum absolute atomic E-state index is 13.6. The highest BCUT2D eigenvalue weighted by Crippen LogP contribution is 2.31. The summed E-state index contributed by atoms with van der Waals surface area (Å²) in [7, 11) is 0. The number of nitrogens with two attached hydrogens (primary N) is 1. The van der Waals surface area contributed by atoms with Crippen LogP contribution in [0, 0.1) is 11.6 Å². The zero-order valence-corrected chi connectivity index (χ0v) is 13.3.